The van der Waals surface area contributed by atoms with Crippen LogP contribution in [0.2, 0.25) is 5.02 Å². The highest BCUT2D eigenvalue weighted by atomic mass is 35.5. The summed E-state index contributed by atoms with van der Waals surface area (Å²) in [6, 6.07) is 11.0. The van der Waals surface area contributed by atoms with Crippen LogP contribution in [0.15, 0.2) is 36.4 Å². The lowest BCUT2D eigenvalue weighted by Crippen LogP contribution is -2.32. The molecule has 4 nitrogen and oxygen atoms in total. The topological polar surface area (TPSA) is 50.4 Å². The molecule has 1 amide bonds. The number of aryl methyl sites for hydroxylation is 2. The van der Waals surface area contributed by atoms with E-state index in [2.05, 4.69) is 17.6 Å². The minimum absolute atomic E-state index is 0.117. The van der Waals surface area contributed by atoms with Crippen LogP contribution in [0.4, 0.5) is 11.4 Å². The number of rotatable bonds is 6. The lowest BCUT2D eigenvalue weighted by atomic mass is 10.1. The van der Waals surface area contributed by atoms with Crippen LogP contribution in [-0.2, 0) is 11.2 Å². The van der Waals surface area contributed by atoms with Gasteiger partial charge in [0, 0.05) is 16.8 Å². The molecule has 1 atom stereocenters. The molecule has 0 fully saturated rings. The zero-order valence-corrected chi connectivity index (χ0v) is 15.2. The van der Waals surface area contributed by atoms with E-state index in [0.29, 0.717) is 10.8 Å². The van der Waals surface area contributed by atoms with Crippen molar-refractivity contribution in [2.75, 3.05) is 17.7 Å². The highest BCUT2D eigenvalue weighted by molar-refractivity contribution is 6.31. The van der Waals surface area contributed by atoms with Gasteiger partial charge in [-0.2, -0.15) is 0 Å². The Labute approximate surface area is 148 Å². The molecule has 5 heteroatoms. The fourth-order valence-corrected chi connectivity index (χ4v) is 2.47. The standard InChI is InChI=1S/C19H23ClN2O2/c1-5-14-6-8-15(9-7-14)22-19(23)13(3)21-17-10-12(2)16(20)11-18(17)24-4/h6-11,13,21H,5H2,1-4H3,(H,22,23)/t13-/m0/s1. The van der Waals surface area contributed by atoms with Gasteiger partial charge in [0.05, 0.1) is 12.8 Å². The molecule has 0 saturated heterocycles. The molecular formula is C19H23ClN2O2. The molecule has 24 heavy (non-hydrogen) atoms. The summed E-state index contributed by atoms with van der Waals surface area (Å²) in [5.74, 6) is 0.492. The number of ether oxygens (including phenoxy) is 1. The average molecular weight is 347 g/mol. The fraction of sp³-hybridized carbons (Fsp3) is 0.316. The molecule has 0 saturated carbocycles. The molecular weight excluding hydrogens is 324 g/mol. The number of amides is 1. The SMILES string of the molecule is CCc1ccc(NC(=O)[C@H](C)Nc2cc(C)c(Cl)cc2OC)cc1. The number of benzene rings is 2. The number of halogens is 1. The first-order chi connectivity index (χ1) is 11.4. The Morgan fingerprint density at radius 1 is 1.25 bits per heavy atom. The average Bonchev–Trinajstić information content (AvgIpc) is 2.58. The van der Waals surface area contributed by atoms with Gasteiger partial charge >= 0.3 is 0 Å². The summed E-state index contributed by atoms with van der Waals surface area (Å²) in [7, 11) is 1.58. The van der Waals surface area contributed by atoms with Crippen molar-refractivity contribution < 1.29 is 9.53 Å². The molecule has 2 aromatic carbocycles. The maximum atomic E-state index is 12.4. The van der Waals surface area contributed by atoms with Gasteiger partial charge in [0.1, 0.15) is 11.8 Å². The molecule has 128 valence electrons. The van der Waals surface area contributed by atoms with Crippen LogP contribution in [0, 0.1) is 6.92 Å². The third-order valence-electron chi connectivity index (χ3n) is 3.88. The maximum Gasteiger partial charge on any atom is 0.246 e. The zero-order valence-electron chi connectivity index (χ0n) is 14.4. The summed E-state index contributed by atoms with van der Waals surface area (Å²) in [4.78, 5) is 12.4. The molecule has 0 aromatic heterocycles. The number of hydrogen-bond acceptors (Lipinski definition) is 3. The Kier molecular flexibility index (Phi) is 6.10. The van der Waals surface area contributed by atoms with Gasteiger partial charge < -0.3 is 15.4 Å². The van der Waals surface area contributed by atoms with E-state index in [1.54, 1.807) is 20.1 Å². The van der Waals surface area contributed by atoms with Crippen LogP contribution in [-0.4, -0.2) is 19.1 Å². The summed E-state index contributed by atoms with van der Waals surface area (Å²) in [5, 5.41) is 6.71. The fourth-order valence-electron chi connectivity index (χ4n) is 2.32. The summed E-state index contributed by atoms with van der Waals surface area (Å²) < 4.78 is 5.33. The van der Waals surface area contributed by atoms with Crippen molar-refractivity contribution >= 4 is 28.9 Å². The van der Waals surface area contributed by atoms with E-state index in [9.17, 15) is 4.79 Å². The van der Waals surface area contributed by atoms with E-state index >= 15 is 0 Å². The lowest BCUT2D eigenvalue weighted by Gasteiger charge is -2.18. The minimum atomic E-state index is -0.426. The normalized spacial score (nSPS) is 11.7. The van der Waals surface area contributed by atoms with Crippen molar-refractivity contribution in [3.8, 4) is 5.75 Å². The van der Waals surface area contributed by atoms with E-state index in [4.69, 9.17) is 16.3 Å². The first kappa shape index (κ1) is 18.1. The predicted octanol–water partition coefficient (Wildman–Crippen LogP) is 4.66. The first-order valence-electron chi connectivity index (χ1n) is 7.95. The molecule has 2 rings (SSSR count). The number of carbonyl (C=O) groups excluding carboxylic acids is 1. The maximum absolute atomic E-state index is 12.4. The number of nitrogens with one attached hydrogen (secondary N) is 2. The Morgan fingerprint density at radius 2 is 1.92 bits per heavy atom. The largest absolute Gasteiger partial charge is 0.495 e. The van der Waals surface area contributed by atoms with Crippen molar-refractivity contribution in [2.45, 2.75) is 33.2 Å². The minimum Gasteiger partial charge on any atom is -0.495 e. The van der Waals surface area contributed by atoms with Gasteiger partial charge in [-0.1, -0.05) is 30.7 Å². The van der Waals surface area contributed by atoms with Crippen LogP contribution in [0.5, 0.6) is 5.75 Å². The van der Waals surface area contributed by atoms with Crippen LogP contribution in [0.1, 0.15) is 25.0 Å². The van der Waals surface area contributed by atoms with E-state index in [1.807, 2.05) is 37.3 Å². The Balaban J connectivity index is 2.07. The van der Waals surface area contributed by atoms with Gasteiger partial charge in [-0.3, -0.25) is 4.79 Å². The summed E-state index contributed by atoms with van der Waals surface area (Å²) >= 11 is 6.11. The van der Waals surface area contributed by atoms with Gasteiger partial charge in [-0.15, -0.1) is 0 Å². The van der Waals surface area contributed by atoms with Crippen molar-refractivity contribution in [1.29, 1.82) is 0 Å². The van der Waals surface area contributed by atoms with Crippen LogP contribution in [0.3, 0.4) is 0 Å². The highest BCUT2D eigenvalue weighted by Gasteiger charge is 2.16. The van der Waals surface area contributed by atoms with Crippen LogP contribution in [0.25, 0.3) is 0 Å². The van der Waals surface area contributed by atoms with Gasteiger partial charge in [0.25, 0.3) is 0 Å². The molecule has 0 aliphatic carbocycles. The molecule has 2 N–H and O–H groups in total. The molecule has 0 aliphatic heterocycles. The van der Waals surface area contributed by atoms with Gasteiger partial charge in [0.15, 0.2) is 0 Å². The van der Waals surface area contributed by atoms with Crippen molar-refractivity contribution in [2.24, 2.45) is 0 Å². The molecule has 0 bridgehead atoms. The Hall–Kier alpha value is -2.20. The summed E-state index contributed by atoms with van der Waals surface area (Å²) in [6.07, 6.45) is 0.974. The smallest absolute Gasteiger partial charge is 0.246 e. The predicted molar refractivity (Wildman–Crippen MR) is 100 cm³/mol. The monoisotopic (exact) mass is 346 g/mol. The number of hydrogen-bond donors (Lipinski definition) is 2. The van der Waals surface area contributed by atoms with Crippen molar-refractivity contribution in [3.63, 3.8) is 0 Å². The van der Waals surface area contributed by atoms with Gasteiger partial charge in [0.2, 0.25) is 5.91 Å². The quantitative estimate of drug-likeness (QED) is 0.799. The van der Waals surface area contributed by atoms with Crippen LogP contribution >= 0.6 is 11.6 Å². The Bertz CT molecular complexity index is 714. The van der Waals surface area contributed by atoms with Crippen LogP contribution < -0.4 is 15.4 Å². The first-order valence-corrected chi connectivity index (χ1v) is 8.32. The van der Waals surface area contributed by atoms with E-state index < -0.39 is 6.04 Å². The second-order valence-corrected chi connectivity index (χ2v) is 6.11. The summed E-state index contributed by atoms with van der Waals surface area (Å²) in [6.45, 7) is 5.81. The van der Waals surface area contributed by atoms with Crippen molar-refractivity contribution in [3.05, 3.63) is 52.5 Å². The zero-order chi connectivity index (χ0) is 17.7. The third-order valence-corrected chi connectivity index (χ3v) is 4.28. The molecule has 0 unspecified atom stereocenters. The van der Waals surface area contributed by atoms with E-state index in [0.717, 1.165) is 23.4 Å². The molecule has 2 aromatic rings. The lowest BCUT2D eigenvalue weighted by molar-refractivity contribution is -0.116. The molecule has 0 aliphatic rings. The van der Waals surface area contributed by atoms with Gasteiger partial charge in [-0.25, -0.2) is 0 Å². The number of methoxy groups -OCH3 is 1. The second-order valence-electron chi connectivity index (χ2n) is 5.71. The summed E-state index contributed by atoms with van der Waals surface area (Å²) in [5.41, 5.74) is 3.68. The highest BCUT2D eigenvalue weighted by Crippen LogP contribution is 2.31. The molecule has 0 radical (unpaired) electrons. The van der Waals surface area contributed by atoms with E-state index in [-0.39, 0.29) is 5.91 Å². The Morgan fingerprint density at radius 3 is 2.50 bits per heavy atom. The number of carbonyl (C=O) groups is 1. The third kappa shape index (κ3) is 4.42. The molecule has 0 heterocycles. The number of anilines is 2. The molecule has 0 spiro atoms. The van der Waals surface area contributed by atoms with E-state index in [1.165, 1.54) is 5.56 Å². The van der Waals surface area contributed by atoms with Crippen molar-refractivity contribution in [1.82, 2.24) is 0 Å². The van der Waals surface area contributed by atoms with Gasteiger partial charge in [-0.05, 0) is 49.6 Å². The second kappa shape index (κ2) is 8.06.